The monoisotopic (exact) mass is 530 g/mol. The Labute approximate surface area is 213 Å². The number of nitrogens with one attached hydrogen (secondary N) is 1. The minimum absolute atomic E-state index is 0.0697. The second-order valence-electron chi connectivity index (χ2n) is 10.5. The molecule has 2 fully saturated rings. The van der Waals surface area contributed by atoms with Crippen LogP contribution in [0.3, 0.4) is 0 Å². The molecule has 0 radical (unpaired) electrons. The minimum atomic E-state index is -4.65. The van der Waals surface area contributed by atoms with E-state index < -0.39 is 29.4 Å². The zero-order valence-corrected chi connectivity index (χ0v) is 21.5. The number of carbonyl (C=O) groups is 1. The standard InChI is InChI=1S/C25H34F4N4O2S/c1-24(2,35)14-33-15-36-22(21(33)23(34)32-10-8-16(26)9-11-32)18-13-30-20(12-19(18)25(27,28)29)31-17-6-4-3-5-7-17/h12-13,16-17,35H,3-11,14-15H2,1-2H3,(H,30,31). The molecule has 1 aromatic heterocycles. The Hall–Kier alpha value is -2.01. The number of rotatable bonds is 6. The van der Waals surface area contributed by atoms with Crippen LogP contribution in [0.4, 0.5) is 23.4 Å². The summed E-state index contributed by atoms with van der Waals surface area (Å²) in [6.45, 7) is 3.64. The third-order valence-corrected chi connectivity index (χ3v) is 7.94. The molecule has 1 saturated carbocycles. The molecule has 200 valence electrons. The Kier molecular flexibility index (Phi) is 8.09. The molecule has 11 heteroatoms. The van der Waals surface area contributed by atoms with E-state index in [0.717, 1.165) is 49.9 Å². The SMILES string of the molecule is CC(C)(O)CN1CSC(c2cnc(NC3CCCCC3)cc2C(F)(F)F)=C1C(=O)N1CCC(F)CC1. The van der Waals surface area contributed by atoms with Crippen LogP contribution in [0, 0.1) is 0 Å². The average molecular weight is 531 g/mol. The van der Waals surface area contributed by atoms with Gasteiger partial charge in [-0.2, -0.15) is 13.2 Å². The number of β-amino-alcohol motifs (C(OH)–C–C–N with tert-alkyl or cyclic N) is 1. The van der Waals surface area contributed by atoms with Crippen molar-refractivity contribution in [3.8, 4) is 0 Å². The molecular weight excluding hydrogens is 496 g/mol. The second kappa shape index (κ2) is 10.8. The van der Waals surface area contributed by atoms with E-state index in [1.54, 1.807) is 18.7 Å². The lowest BCUT2D eigenvalue weighted by Crippen LogP contribution is -2.45. The Morgan fingerprint density at radius 2 is 1.83 bits per heavy atom. The molecule has 36 heavy (non-hydrogen) atoms. The molecule has 0 spiro atoms. The summed E-state index contributed by atoms with van der Waals surface area (Å²) in [5, 5.41) is 13.6. The maximum Gasteiger partial charge on any atom is 0.417 e. The summed E-state index contributed by atoms with van der Waals surface area (Å²) in [6, 6.07) is 1.13. The molecular formula is C25H34F4N4O2S. The minimum Gasteiger partial charge on any atom is -0.389 e. The number of carbonyl (C=O) groups excluding carboxylic acids is 1. The third kappa shape index (κ3) is 6.45. The van der Waals surface area contributed by atoms with Gasteiger partial charge in [0.15, 0.2) is 0 Å². The summed E-state index contributed by atoms with van der Waals surface area (Å²) in [5.41, 5.74) is -2.06. The molecule has 0 unspecified atom stereocenters. The Bertz CT molecular complexity index is 981. The van der Waals surface area contributed by atoms with E-state index in [1.807, 2.05) is 0 Å². The number of piperidine rings is 1. The molecule has 2 aliphatic heterocycles. The van der Waals surface area contributed by atoms with Crippen molar-refractivity contribution in [3.05, 3.63) is 29.1 Å². The van der Waals surface area contributed by atoms with Crippen LogP contribution in [-0.2, 0) is 11.0 Å². The molecule has 2 N–H and O–H groups in total. The predicted molar refractivity (Wildman–Crippen MR) is 133 cm³/mol. The first-order chi connectivity index (χ1) is 16.9. The molecule has 3 heterocycles. The summed E-state index contributed by atoms with van der Waals surface area (Å²) in [6.07, 6.45) is 0.944. The highest BCUT2D eigenvalue weighted by molar-refractivity contribution is 8.08. The van der Waals surface area contributed by atoms with E-state index in [4.69, 9.17) is 0 Å². The molecule has 3 aliphatic rings. The average Bonchev–Trinajstić information content (AvgIpc) is 3.21. The van der Waals surface area contributed by atoms with Gasteiger partial charge < -0.3 is 20.2 Å². The number of likely N-dealkylation sites (tertiary alicyclic amines) is 1. The van der Waals surface area contributed by atoms with Crippen molar-refractivity contribution >= 4 is 28.4 Å². The zero-order chi connectivity index (χ0) is 26.1. The Morgan fingerprint density at radius 1 is 1.17 bits per heavy atom. The number of hydrogen-bond acceptors (Lipinski definition) is 6. The lowest BCUT2D eigenvalue weighted by molar-refractivity contribution is -0.138. The van der Waals surface area contributed by atoms with Gasteiger partial charge in [0.05, 0.1) is 17.0 Å². The van der Waals surface area contributed by atoms with E-state index in [-0.39, 0.29) is 66.4 Å². The number of amides is 1. The molecule has 1 amide bonds. The van der Waals surface area contributed by atoms with Crippen molar-refractivity contribution in [1.82, 2.24) is 14.8 Å². The van der Waals surface area contributed by atoms with Crippen LogP contribution in [0.2, 0.25) is 0 Å². The summed E-state index contributed by atoms with van der Waals surface area (Å²) >= 11 is 1.13. The molecule has 1 aromatic rings. The summed E-state index contributed by atoms with van der Waals surface area (Å²) < 4.78 is 56.5. The number of nitrogens with zero attached hydrogens (tertiary/aromatic N) is 3. The number of aliphatic hydroxyl groups is 1. The number of hydrogen-bond donors (Lipinski definition) is 2. The summed E-state index contributed by atoms with van der Waals surface area (Å²) in [7, 11) is 0. The highest BCUT2D eigenvalue weighted by Gasteiger charge is 2.41. The van der Waals surface area contributed by atoms with Crippen LogP contribution in [-0.4, -0.2) is 69.1 Å². The van der Waals surface area contributed by atoms with E-state index >= 15 is 0 Å². The van der Waals surface area contributed by atoms with E-state index in [1.165, 1.54) is 11.1 Å². The zero-order valence-electron chi connectivity index (χ0n) is 20.7. The van der Waals surface area contributed by atoms with Gasteiger partial charge in [0.25, 0.3) is 5.91 Å². The highest BCUT2D eigenvalue weighted by Crippen LogP contribution is 2.46. The largest absolute Gasteiger partial charge is 0.417 e. The third-order valence-electron chi connectivity index (χ3n) is 6.80. The summed E-state index contributed by atoms with van der Waals surface area (Å²) in [5.74, 6) is -0.0456. The molecule has 0 atom stereocenters. The van der Waals surface area contributed by atoms with Gasteiger partial charge >= 0.3 is 6.18 Å². The van der Waals surface area contributed by atoms with E-state index in [2.05, 4.69) is 10.3 Å². The van der Waals surface area contributed by atoms with Gasteiger partial charge in [-0.1, -0.05) is 19.3 Å². The van der Waals surface area contributed by atoms with Crippen LogP contribution < -0.4 is 5.32 Å². The fourth-order valence-electron chi connectivity index (χ4n) is 5.06. The normalized spacial score (nSPS) is 20.9. The molecule has 1 saturated heterocycles. The Balaban J connectivity index is 1.73. The van der Waals surface area contributed by atoms with Crippen LogP contribution in [0.5, 0.6) is 0 Å². The lowest BCUT2D eigenvalue weighted by Gasteiger charge is -2.33. The summed E-state index contributed by atoms with van der Waals surface area (Å²) in [4.78, 5) is 21.2. The quantitative estimate of drug-likeness (QED) is 0.490. The molecule has 4 rings (SSSR count). The van der Waals surface area contributed by atoms with Crippen LogP contribution in [0.15, 0.2) is 18.0 Å². The van der Waals surface area contributed by atoms with E-state index in [9.17, 15) is 27.5 Å². The smallest absolute Gasteiger partial charge is 0.389 e. The first-order valence-electron chi connectivity index (χ1n) is 12.5. The van der Waals surface area contributed by atoms with Gasteiger partial charge in [0.2, 0.25) is 0 Å². The number of alkyl halides is 4. The van der Waals surface area contributed by atoms with Gasteiger partial charge in [-0.25, -0.2) is 9.37 Å². The van der Waals surface area contributed by atoms with Gasteiger partial charge in [0.1, 0.15) is 17.7 Å². The topological polar surface area (TPSA) is 68.7 Å². The fourth-order valence-corrected chi connectivity index (χ4v) is 6.23. The number of thioether (sulfide) groups is 1. The first-order valence-corrected chi connectivity index (χ1v) is 13.5. The van der Waals surface area contributed by atoms with Crippen molar-refractivity contribution < 1.29 is 27.5 Å². The van der Waals surface area contributed by atoms with Crippen molar-refractivity contribution in [2.45, 2.75) is 82.8 Å². The molecule has 6 nitrogen and oxygen atoms in total. The number of halogens is 4. The maximum absolute atomic E-state index is 14.3. The van der Waals surface area contributed by atoms with Gasteiger partial charge in [-0.3, -0.25) is 4.79 Å². The van der Waals surface area contributed by atoms with Gasteiger partial charge in [-0.05, 0) is 45.6 Å². The van der Waals surface area contributed by atoms with Crippen molar-refractivity contribution in [3.63, 3.8) is 0 Å². The predicted octanol–water partition coefficient (Wildman–Crippen LogP) is 5.25. The van der Waals surface area contributed by atoms with Crippen molar-refractivity contribution in [2.24, 2.45) is 0 Å². The number of aromatic nitrogens is 1. The maximum atomic E-state index is 14.3. The van der Waals surface area contributed by atoms with Crippen molar-refractivity contribution in [2.75, 3.05) is 30.8 Å². The van der Waals surface area contributed by atoms with Gasteiger partial charge in [0, 0.05) is 42.3 Å². The number of anilines is 1. The second-order valence-corrected chi connectivity index (χ2v) is 11.5. The van der Waals surface area contributed by atoms with Crippen LogP contribution >= 0.6 is 11.8 Å². The fraction of sp³-hybridized carbons (Fsp3) is 0.680. The van der Waals surface area contributed by atoms with Crippen molar-refractivity contribution in [1.29, 1.82) is 0 Å². The molecule has 1 aliphatic carbocycles. The Morgan fingerprint density at radius 3 is 2.44 bits per heavy atom. The molecule has 0 bridgehead atoms. The lowest BCUT2D eigenvalue weighted by atomic mass is 9.95. The first kappa shape index (κ1) is 27.0. The van der Waals surface area contributed by atoms with Crippen LogP contribution in [0.25, 0.3) is 4.91 Å². The van der Waals surface area contributed by atoms with Gasteiger partial charge in [-0.15, -0.1) is 11.8 Å². The number of pyridine rings is 1. The molecule has 0 aromatic carbocycles. The van der Waals surface area contributed by atoms with E-state index in [0.29, 0.717) is 0 Å². The highest BCUT2D eigenvalue weighted by atomic mass is 32.2. The van der Waals surface area contributed by atoms with Crippen LogP contribution in [0.1, 0.15) is 69.9 Å².